The van der Waals surface area contributed by atoms with E-state index in [1.165, 1.54) is 28.6 Å². The van der Waals surface area contributed by atoms with E-state index in [9.17, 15) is 13.2 Å². The SMILES string of the molecule is CSc1ccccc1NC(=O)c1ccc(S(=O)(=O)N2C[C@H](C)O[C@@H](C)C2)cc1. The number of para-hydroxylation sites is 1. The summed E-state index contributed by atoms with van der Waals surface area (Å²) in [6, 6.07) is 13.6. The Morgan fingerprint density at radius 3 is 2.29 bits per heavy atom. The molecule has 0 aliphatic carbocycles. The third-order valence-electron chi connectivity index (χ3n) is 4.50. The molecule has 0 radical (unpaired) electrons. The third-order valence-corrected chi connectivity index (χ3v) is 7.14. The lowest BCUT2D eigenvalue weighted by molar-refractivity contribution is -0.0440. The lowest BCUT2D eigenvalue weighted by Gasteiger charge is -2.34. The van der Waals surface area contributed by atoms with Crippen molar-refractivity contribution in [2.24, 2.45) is 0 Å². The number of carbonyl (C=O) groups is 1. The molecule has 2 aromatic rings. The number of benzene rings is 2. The van der Waals surface area contributed by atoms with Crippen molar-refractivity contribution in [1.29, 1.82) is 0 Å². The van der Waals surface area contributed by atoms with Crippen LogP contribution >= 0.6 is 11.8 Å². The predicted molar refractivity (Wildman–Crippen MR) is 111 cm³/mol. The summed E-state index contributed by atoms with van der Waals surface area (Å²) < 4.78 is 32.9. The number of morpholine rings is 1. The van der Waals surface area contributed by atoms with Crippen LogP contribution in [0.1, 0.15) is 24.2 Å². The molecule has 28 heavy (non-hydrogen) atoms. The van der Waals surface area contributed by atoms with Gasteiger partial charge in [0.05, 0.1) is 22.8 Å². The molecule has 6 nitrogen and oxygen atoms in total. The highest BCUT2D eigenvalue weighted by Gasteiger charge is 2.32. The summed E-state index contributed by atoms with van der Waals surface area (Å²) >= 11 is 1.54. The number of carbonyl (C=O) groups excluding carboxylic acids is 1. The number of rotatable bonds is 5. The maximum absolute atomic E-state index is 12.9. The lowest BCUT2D eigenvalue weighted by atomic mass is 10.2. The first-order chi connectivity index (χ1) is 13.3. The van der Waals surface area contributed by atoms with Crippen molar-refractivity contribution in [2.75, 3.05) is 24.7 Å². The Bertz CT molecular complexity index is 935. The molecule has 1 aliphatic heterocycles. The molecule has 0 saturated carbocycles. The van der Waals surface area contributed by atoms with Crippen molar-refractivity contribution in [3.05, 3.63) is 54.1 Å². The van der Waals surface area contributed by atoms with E-state index in [-0.39, 0.29) is 23.0 Å². The van der Waals surface area contributed by atoms with Gasteiger partial charge in [0, 0.05) is 23.5 Å². The van der Waals surface area contributed by atoms with Crippen LogP contribution in [-0.4, -0.2) is 50.2 Å². The van der Waals surface area contributed by atoms with Crippen molar-refractivity contribution < 1.29 is 17.9 Å². The van der Waals surface area contributed by atoms with Crippen molar-refractivity contribution in [3.63, 3.8) is 0 Å². The Morgan fingerprint density at radius 2 is 1.68 bits per heavy atom. The van der Waals surface area contributed by atoms with Gasteiger partial charge in [0.2, 0.25) is 10.0 Å². The standard InChI is InChI=1S/C20H24N2O4S2/c1-14-12-22(13-15(2)26-14)28(24,25)17-10-8-16(9-11-17)20(23)21-18-6-4-5-7-19(18)27-3/h4-11,14-15H,12-13H2,1-3H3,(H,21,23)/t14-,15-/m0/s1. The Kier molecular flexibility index (Phi) is 6.44. The Morgan fingerprint density at radius 1 is 1.07 bits per heavy atom. The zero-order chi connectivity index (χ0) is 20.3. The molecule has 2 aromatic carbocycles. The second-order valence-electron chi connectivity index (χ2n) is 6.76. The Hall–Kier alpha value is -1.87. The van der Waals surface area contributed by atoms with Crippen LogP contribution in [0.25, 0.3) is 0 Å². The normalized spacial score (nSPS) is 20.7. The topological polar surface area (TPSA) is 75.7 Å². The maximum Gasteiger partial charge on any atom is 0.255 e. The number of nitrogens with one attached hydrogen (secondary N) is 1. The van der Waals surface area contributed by atoms with Crippen LogP contribution in [0.5, 0.6) is 0 Å². The smallest absolute Gasteiger partial charge is 0.255 e. The first-order valence-corrected chi connectivity index (χ1v) is 11.7. The fourth-order valence-corrected chi connectivity index (χ4v) is 5.34. The highest BCUT2D eigenvalue weighted by atomic mass is 32.2. The number of anilines is 1. The van der Waals surface area contributed by atoms with Gasteiger partial charge in [-0.25, -0.2) is 8.42 Å². The number of amides is 1. The van der Waals surface area contributed by atoms with Gasteiger partial charge in [0.25, 0.3) is 5.91 Å². The van der Waals surface area contributed by atoms with Crippen molar-refractivity contribution in [1.82, 2.24) is 4.31 Å². The van der Waals surface area contributed by atoms with Gasteiger partial charge in [-0.2, -0.15) is 4.31 Å². The molecule has 2 atom stereocenters. The summed E-state index contributed by atoms with van der Waals surface area (Å²) in [6.07, 6.45) is 1.64. The van der Waals surface area contributed by atoms with Gasteiger partial charge in [-0.05, 0) is 56.5 Å². The number of ether oxygens (including phenoxy) is 1. The van der Waals surface area contributed by atoms with E-state index in [0.29, 0.717) is 18.7 Å². The minimum atomic E-state index is -3.62. The molecule has 8 heteroatoms. The minimum Gasteiger partial charge on any atom is -0.373 e. The van der Waals surface area contributed by atoms with E-state index in [4.69, 9.17) is 4.74 Å². The molecule has 150 valence electrons. The van der Waals surface area contributed by atoms with Gasteiger partial charge in [-0.1, -0.05) is 12.1 Å². The number of nitrogens with zero attached hydrogens (tertiary/aromatic N) is 1. The molecule has 0 aromatic heterocycles. The monoisotopic (exact) mass is 420 g/mol. The molecule has 0 bridgehead atoms. The molecule has 1 aliphatic rings. The van der Waals surface area contributed by atoms with E-state index in [2.05, 4.69) is 5.32 Å². The summed E-state index contributed by atoms with van der Waals surface area (Å²) in [5, 5.41) is 2.87. The number of hydrogen-bond acceptors (Lipinski definition) is 5. The van der Waals surface area contributed by atoms with Gasteiger partial charge in [0.15, 0.2) is 0 Å². The first kappa shape index (κ1) is 20.9. The van der Waals surface area contributed by atoms with E-state index < -0.39 is 10.0 Å². The number of thioether (sulfide) groups is 1. The molecule has 1 amide bonds. The molecule has 1 N–H and O–H groups in total. The average molecular weight is 421 g/mol. The molecule has 1 saturated heterocycles. The molecular weight excluding hydrogens is 396 g/mol. The predicted octanol–water partition coefficient (Wildman–Crippen LogP) is 3.46. The van der Waals surface area contributed by atoms with Crippen molar-refractivity contribution in [3.8, 4) is 0 Å². The van der Waals surface area contributed by atoms with Crippen molar-refractivity contribution in [2.45, 2.75) is 35.8 Å². The van der Waals surface area contributed by atoms with E-state index in [0.717, 1.165) is 10.6 Å². The van der Waals surface area contributed by atoms with Crippen LogP contribution in [-0.2, 0) is 14.8 Å². The van der Waals surface area contributed by atoms with E-state index >= 15 is 0 Å². The fourth-order valence-electron chi connectivity index (χ4n) is 3.20. The van der Waals surface area contributed by atoms with Gasteiger partial charge < -0.3 is 10.1 Å². The fraction of sp³-hybridized carbons (Fsp3) is 0.350. The Balaban J connectivity index is 1.76. The van der Waals surface area contributed by atoms with Crippen LogP contribution in [0.15, 0.2) is 58.3 Å². The minimum absolute atomic E-state index is 0.153. The lowest BCUT2D eigenvalue weighted by Crippen LogP contribution is -2.48. The second-order valence-corrected chi connectivity index (χ2v) is 9.54. The largest absolute Gasteiger partial charge is 0.373 e. The van der Waals surface area contributed by atoms with Crippen LogP contribution in [0.3, 0.4) is 0 Å². The van der Waals surface area contributed by atoms with Crippen molar-refractivity contribution >= 4 is 33.4 Å². The summed E-state index contributed by atoms with van der Waals surface area (Å²) in [5.74, 6) is -0.279. The summed E-state index contributed by atoms with van der Waals surface area (Å²) in [4.78, 5) is 13.7. The van der Waals surface area contributed by atoms with Crippen LogP contribution in [0.4, 0.5) is 5.69 Å². The molecule has 0 unspecified atom stereocenters. The Labute approximate surface area is 170 Å². The van der Waals surface area contributed by atoms with Crippen LogP contribution < -0.4 is 5.32 Å². The zero-order valence-electron chi connectivity index (χ0n) is 16.1. The summed E-state index contributed by atoms with van der Waals surface area (Å²) in [5.41, 5.74) is 1.13. The van der Waals surface area contributed by atoms with Crippen LogP contribution in [0.2, 0.25) is 0 Å². The summed E-state index contributed by atoms with van der Waals surface area (Å²) in [7, 11) is -3.62. The summed E-state index contributed by atoms with van der Waals surface area (Å²) in [6.45, 7) is 4.36. The first-order valence-electron chi connectivity index (χ1n) is 9.01. The van der Waals surface area contributed by atoms with Crippen LogP contribution in [0, 0.1) is 0 Å². The highest BCUT2D eigenvalue weighted by Crippen LogP contribution is 2.26. The average Bonchev–Trinajstić information content (AvgIpc) is 2.67. The van der Waals surface area contributed by atoms with Gasteiger partial charge in [-0.15, -0.1) is 11.8 Å². The zero-order valence-corrected chi connectivity index (χ0v) is 17.7. The van der Waals surface area contributed by atoms with Gasteiger partial charge >= 0.3 is 0 Å². The number of sulfonamides is 1. The molecule has 1 fully saturated rings. The highest BCUT2D eigenvalue weighted by molar-refractivity contribution is 7.98. The quantitative estimate of drug-likeness (QED) is 0.750. The molecular formula is C20H24N2O4S2. The second kappa shape index (κ2) is 8.65. The maximum atomic E-state index is 12.9. The van der Waals surface area contributed by atoms with E-state index in [1.807, 2.05) is 44.4 Å². The molecule has 1 heterocycles. The van der Waals surface area contributed by atoms with E-state index in [1.54, 1.807) is 11.8 Å². The molecule has 3 rings (SSSR count). The van der Waals surface area contributed by atoms with Gasteiger partial charge in [-0.3, -0.25) is 4.79 Å². The van der Waals surface area contributed by atoms with Gasteiger partial charge in [0.1, 0.15) is 0 Å². The number of hydrogen-bond donors (Lipinski definition) is 1. The third kappa shape index (κ3) is 4.57. The molecule has 0 spiro atoms.